The van der Waals surface area contributed by atoms with E-state index in [0.717, 1.165) is 13.1 Å². The summed E-state index contributed by atoms with van der Waals surface area (Å²) in [6.07, 6.45) is 0. The summed E-state index contributed by atoms with van der Waals surface area (Å²) in [5.41, 5.74) is 5.96. The van der Waals surface area contributed by atoms with E-state index in [-0.39, 0.29) is 14.9 Å². The van der Waals surface area contributed by atoms with Crippen molar-refractivity contribution in [3.63, 3.8) is 0 Å². The van der Waals surface area contributed by atoms with Gasteiger partial charge >= 0.3 is 0 Å². The molecule has 0 atom stereocenters. The first kappa shape index (κ1) is 18.3. The van der Waals surface area contributed by atoms with Crippen LogP contribution < -0.4 is 10.5 Å². The molecule has 0 bridgehead atoms. The van der Waals surface area contributed by atoms with E-state index in [0.29, 0.717) is 18.7 Å². The van der Waals surface area contributed by atoms with Crippen molar-refractivity contribution in [2.24, 2.45) is 5.73 Å². The summed E-state index contributed by atoms with van der Waals surface area (Å²) in [7, 11) is -3.58. The van der Waals surface area contributed by atoms with Gasteiger partial charge in [0.15, 0.2) is 0 Å². The van der Waals surface area contributed by atoms with E-state index < -0.39 is 10.0 Å². The second-order valence-electron chi connectivity index (χ2n) is 4.43. The first-order chi connectivity index (χ1) is 9.81. The second-order valence-corrected chi connectivity index (χ2v) is 7.04. The molecule has 0 aromatic heterocycles. The van der Waals surface area contributed by atoms with Gasteiger partial charge in [0.1, 0.15) is 4.99 Å². The molecule has 0 fully saturated rings. The Labute approximate surface area is 136 Å². The lowest BCUT2D eigenvalue weighted by molar-refractivity contribution is 0.309. The maximum absolute atomic E-state index is 12.2. The van der Waals surface area contributed by atoms with Gasteiger partial charge in [0.25, 0.3) is 0 Å². The molecule has 0 aliphatic carbocycles. The van der Waals surface area contributed by atoms with Crippen molar-refractivity contribution in [3.05, 3.63) is 28.8 Å². The largest absolute Gasteiger partial charge is 0.389 e. The van der Waals surface area contributed by atoms with E-state index in [1.54, 1.807) is 0 Å². The van der Waals surface area contributed by atoms with Gasteiger partial charge in [-0.25, -0.2) is 13.1 Å². The highest BCUT2D eigenvalue weighted by Crippen LogP contribution is 2.20. The van der Waals surface area contributed by atoms with Crippen molar-refractivity contribution in [3.8, 4) is 0 Å². The summed E-state index contributed by atoms with van der Waals surface area (Å²) in [4.78, 5) is 2.37. The number of thiocarbonyl (C=S) groups is 1. The maximum Gasteiger partial charge on any atom is 0.240 e. The smallest absolute Gasteiger partial charge is 0.240 e. The van der Waals surface area contributed by atoms with Crippen molar-refractivity contribution < 1.29 is 8.42 Å². The van der Waals surface area contributed by atoms with Crippen LogP contribution in [-0.2, 0) is 10.0 Å². The Kier molecular flexibility index (Phi) is 7.02. The minimum atomic E-state index is -3.58. The van der Waals surface area contributed by atoms with Gasteiger partial charge in [0.05, 0.1) is 9.92 Å². The third-order valence-electron chi connectivity index (χ3n) is 3.13. The van der Waals surface area contributed by atoms with Crippen LogP contribution in [0.25, 0.3) is 0 Å². The lowest BCUT2D eigenvalue weighted by atomic mass is 10.2. The third kappa shape index (κ3) is 5.19. The highest BCUT2D eigenvalue weighted by Gasteiger charge is 2.16. The van der Waals surface area contributed by atoms with E-state index in [2.05, 4.69) is 9.62 Å². The van der Waals surface area contributed by atoms with Gasteiger partial charge in [0.2, 0.25) is 10.0 Å². The zero-order valence-electron chi connectivity index (χ0n) is 12.1. The molecule has 0 unspecified atom stereocenters. The van der Waals surface area contributed by atoms with Gasteiger partial charge in [0, 0.05) is 18.7 Å². The number of sulfonamides is 1. The SMILES string of the molecule is CCN(CC)CCNS(=O)(=O)c1ccc(C(N)=S)c(Cl)c1. The fourth-order valence-corrected chi connectivity index (χ4v) is 3.45. The average Bonchev–Trinajstić information content (AvgIpc) is 2.43. The predicted octanol–water partition coefficient (Wildman–Crippen LogP) is 1.59. The normalized spacial score (nSPS) is 11.8. The van der Waals surface area contributed by atoms with E-state index in [1.807, 2.05) is 13.8 Å². The summed E-state index contributed by atoms with van der Waals surface area (Å²) in [5.74, 6) is 0. The first-order valence-electron chi connectivity index (χ1n) is 6.63. The van der Waals surface area contributed by atoms with Crippen LogP contribution in [0.1, 0.15) is 19.4 Å². The van der Waals surface area contributed by atoms with Crippen molar-refractivity contribution in [1.82, 2.24) is 9.62 Å². The standard InChI is InChI=1S/C13H20ClN3O2S2/c1-3-17(4-2)8-7-16-21(18,19)10-5-6-11(13(15)20)12(14)9-10/h5-6,9,16H,3-4,7-8H2,1-2H3,(H2,15,20). The molecule has 0 radical (unpaired) electrons. The van der Waals surface area contributed by atoms with Crippen molar-refractivity contribution in [1.29, 1.82) is 0 Å². The zero-order valence-corrected chi connectivity index (χ0v) is 14.5. The molecule has 1 rings (SSSR count). The molecule has 0 heterocycles. The molecular formula is C13H20ClN3O2S2. The molecule has 0 amide bonds. The summed E-state index contributed by atoms with van der Waals surface area (Å²) in [5, 5.41) is 0.231. The monoisotopic (exact) mass is 349 g/mol. The Morgan fingerprint density at radius 1 is 1.38 bits per heavy atom. The number of nitrogens with two attached hydrogens (primary N) is 1. The Hall–Kier alpha value is -0.730. The molecule has 0 aliphatic rings. The minimum Gasteiger partial charge on any atom is -0.389 e. The van der Waals surface area contributed by atoms with Crippen molar-refractivity contribution >= 4 is 38.8 Å². The van der Waals surface area contributed by atoms with Gasteiger partial charge < -0.3 is 10.6 Å². The second kappa shape index (κ2) is 8.05. The topological polar surface area (TPSA) is 75.4 Å². The van der Waals surface area contributed by atoms with Crippen LogP contribution in [0.15, 0.2) is 23.1 Å². The van der Waals surface area contributed by atoms with E-state index in [1.165, 1.54) is 18.2 Å². The molecule has 0 saturated carbocycles. The molecule has 118 valence electrons. The van der Waals surface area contributed by atoms with Crippen molar-refractivity contribution in [2.75, 3.05) is 26.2 Å². The number of halogens is 1. The highest BCUT2D eigenvalue weighted by molar-refractivity contribution is 7.89. The minimum absolute atomic E-state index is 0.104. The molecular weight excluding hydrogens is 330 g/mol. The Morgan fingerprint density at radius 3 is 2.48 bits per heavy atom. The molecule has 21 heavy (non-hydrogen) atoms. The summed E-state index contributed by atoms with van der Waals surface area (Å²) in [6.45, 7) is 6.83. The molecule has 5 nitrogen and oxygen atoms in total. The van der Waals surface area contributed by atoms with Crippen LogP contribution in [0.3, 0.4) is 0 Å². The summed E-state index contributed by atoms with van der Waals surface area (Å²) >= 11 is 10.8. The molecule has 0 saturated heterocycles. The van der Waals surface area contributed by atoms with Gasteiger partial charge in [-0.15, -0.1) is 0 Å². The van der Waals surface area contributed by atoms with Crippen LogP contribution in [0, 0.1) is 0 Å². The molecule has 3 N–H and O–H groups in total. The number of likely N-dealkylation sites (N-methyl/N-ethyl adjacent to an activating group) is 1. The van der Waals surface area contributed by atoms with Crippen molar-refractivity contribution in [2.45, 2.75) is 18.7 Å². The predicted molar refractivity (Wildman–Crippen MR) is 90.3 cm³/mol. The Bertz CT molecular complexity index is 601. The fraction of sp³-hybridized carbons (Fsp3) is 0.462. The Morgan fingerprint density at radius 2 is 2.00 bits per heavy atom. The third-order valence-corrected chi connectivity index (χ3v) is 5.12. The Balaban J connectivity index is 2.79. The lowest BCUT2D eigenvalue weighted by Crippen LogP contribution is -2.34. The number of hydrogen-bond donors (Lipinski definition) is 2. The molecule has 0 spiro atoms. The van der Waals surface area contributed by atoms with Crippen LogP contribution >= 0.6 is 23.8 Å². The molecule has 1 aromatic carbocycles. The van der Waals surface area contributed by atoms with Crippen LogP contribution in [0.2, 0.25) is 5.02 Å². The van der Waals surface area contributed by atoms with Crippen LogP contribution in [0.5, 0.6) is 0 Å². The zero-order chi connectivity index (χ0) is 16.0. The molecule has 1 aromatic rings. The number of hydrogen-bond acceptors (Lipinski definition) is 4. The first-order valence-corrected chi connectivity index (χ1v) is 8.90. The van der Waals surface area contributed by atoms with Gasteiger partial charge in [-0.05, 0) is 31.3 Å². The van der Waals surface area contributed by atoms with E-state index in [9.17, 15) is 8.42 Å². The number of rotatable bonds is 8. The van der Waals surface area contributed by atoms with Crippen LogP contribution in [-0.4, -0.2) is 44.5 Å². The summed E-state index contributed by atoms with van der Waals surface area (Å²) < 4.78 is 26.9. The number of nitrogens with one attached hydrogen (secondary N) is 1. The number of benzene rings is 1. The maximum atomic E-state index is 12.2. The lowest BCUT2D eigenvalue weighted by Gasteiger charge is -2.18. The fourth-order valence-electron chi connectivity index (χ4n) is 1.82. The molecule has 8 heteroatoms. The van der Waals surface area contributed by atoms with Gasteiger partial charge in [-0.1, -0.05) is 37.7 Å². The van der Waals surface area contributed by atoms with E-state index in [4.69, 9.17) is 29.6 Å². The average molecular weight is 350 g/mol. The summed E-state index contributed by atoms with van der Waals surface area (Å²) in [6, 6.07) is 4.32. The highest BCUT2D eigenvalue weighted by atomic mass is 35.5. The van der Waals surface area contributed by atoms with E-state index >= 15 is 0 Å². The number of nitrogens with zero attached hydrogens (tertiary/aromatic N) is 1. The quantitative estimate of drug-likeness (QED) is 0.697. The van der Waals surface area contributed by atoms with Gasteiger partial charge in [-0.3, -0.25) is 0 Å². The molecule has 0 aliphatic heterocycles. The van der Waals surface area contributed by atoms with Gasteiger partial charge in [-0.2, -0.15) is 0 Å². The van der Waals surface area contributed by atoms with Crippen LogP contribution in [0.4, 0.5) is 0 Å².